The molecule has 0 aromatic heterocycles. The van der Waals surface area contributed by atoms with E-state index in [1.54, 1.807) is 24.3 Å². The van der Waals surface area contributed by atoms with E-state index < -0.39 is 0 Å². The van der Waals surface area contributed by atoms with Crippen LogP contribution >= 0.6 is 0 Å². The first-order chi connectivity index (χ1) is 8.72. The van der Waals surface area contributed by atoms with E-state index in [2.05, 4.69) is 0 Å². The number of hydrogen-bond donors (Lipinski definition) is 0. The topological polar surface area (TPSA) is 26.3 Å². The van der Waals surface area contributed by atoms with Gasteiger partial charge in [-0.1, -0.05) is 12.1 Å². The van der Waals surface area contributed by atoms with Crippen LogP contribution in [0.15, 0.2) is 42.5 Å². The number of ether oxygens (including phenoxy) is 1. The van der Waals surface area contributed by atoms with Gasteiger partial charge in [-0.25, -0.2) is 4.39 Å². The van der Waals surface area contributed by atoms with Crippen LogP contribution in [0.2, 0.25) is 0 Å². The molecule has 2 aromatic carbocycles. The summed E-state index contributed by atoms with van der Waals surface area (Å²) in [7, 11) is 0. The molecule has 18 heavy (non-hydrogen) atoms. The van der Waals surface area contributed by atoms with Crippen LogP contribution in [-0.4, -0.2) is 12.9 Å². The monoisotopic (exact) mass is 244 g/mol. The molecular weight excluding hydrogens is 231 g/mol. The van der Waals surface area contributed by atoms with E-state index in [-0.39, 0.29) is 5.82 Å². The number of aldehydes is 1. The molecule has 2 rings (SSSR count). The number of hydrogen-bond acceptors (Lipinski definition) is 2. The van der Waals surface area contributed by atoms with Crippen molar-refractivity contribution >= 4 is 6.29 Å². The van der Waals surface area contributed by atoms with Gasteiger partial charge in [0.1, 0.15) is 17.9 Å². The number of benzene rings is 2. The fourth-order valence-electron chi connectivity index (χ4n) is 1.75. The molecule has 0 fully saturated rings. The summed E-state index contributed by atoms with van der Waals surface area (Å²) < 4.78 is 18.3. The molecule has 0 bridgehead atoms. The predicted molar refractivity (Wildman–Crippen MR) is 68.4 cm³/mol. The van der Waals surface area contributed by atoms with Crippen molar-refractivity contribution in [3.8, 4) is 16.9 Å². The van der Waals surface area contributed by atoms with Crippen molar-refractivity contribution in [2.24, 2.45) is 0 Å². The Hall–Kier alpha value is -2.16. The summed E-state index contributed by atoms with van der Waals surface area (Å²) in [5.74, 6) is 0.358. The second kappa shape index (κ2) is 5.45. The Morgan fingerprint density at radius 3 is 2.44 bits per heavy atom. The van der Waals surface area contributed by atoms with Crippen molar-refractivity contribution in [1.29, 1.82) is 0 Å². The predicted octanol–water partition coefficient (Wildman–Crippen LogP) is 3.70. The third-order valence-corrected chi connectivity index (χ3v) is 2.55. The van der Waals surface area contributed by atoms with Crippen molar-refractivity contribution < 1.29 is 13.9 Å². The number of carbonyl (C=O) groups is 1. The summed E-state index contributed by atoms with van der Waals surface area (Å²) in [6.07, 6.45) is 0.773. The summed E-state index contributed by atoms with van der Waals surface area (Å²) in [5, 5.41) is 0. The largest absolute Gasteiger partial charge is 0.494 e. The van der Waals surface area contributed by atoms with E-state index in [9.17, 15) is 9.18 Å². The zero-order valence-electron chi connectivity index (χ0n) is 10.0. The average Bonchev–Trinajstić information content (AvgIpc) is 2.39. The first-order valence-electron chi connectivity index (χ1n) is 5.72. The Balaban J connectivity index is 2.45. The second-order valence-electron chi connectivity index (χ2n) is 3.85. The highest BCUT2D eigenvalue weighted by Gasteiger charge is 2.04. The molecule has 2 aromatic rings. The molecule has 0 saturated heterocycles. The minimum atomic E-state index is -0.282. The van der Waals surface area contributed by atoms with E-state index in [0.29, 0.717) is 17.9 Å². The molecule has 0 aliphatic rings. The zero-order valence-corrected chi connectivity index (χ0v) is 10.0. The van der Waals surface area contributed by atoms with Gasteiger partial charge in [-0.2, -0.15) is 0 Å². The molecule has 0 heterocycles. The third kappa shape index (κ3) is 2.74. The number of halogens is 1. The second-order valence-corrected chi connectivity index (χ2v) is 3.85. The Morgan fingerprint density at radius 1 is 1.11 bits per heavy atom. The summed E-state index contributed by atoms with van der Waals surface area (Å²) >= 11 is 0. The smallest absolute Gasteiger partial charge is 0.150 e. The van der Waals surface area contributed by atoms with E-state index in [1.165, 1.54) is 12.1 Å². The molecule has 0 amide bonds. The average molecular weight is 244 g/mol. The third-order valence-electron chi connectivity index (χ3n) is 2.55. The normalized spacial score (nSPS) is 10.1. The molecular formula is C15H13FO2. The Bertz CT molecular complexity index is 547. The Morgan fingerprint density at radius 2 is 1.83 bits per heavy atom. The highest BCUT2D eigenvalue weighted by molar-refractivity contribution is 5.80. The van der Waals surface area contributed by atoms with E-state index in [4.69, 9.17) is 4.74 Å². The van der Waals surface area contributed by atoms with Gasteiger partial charge >= 0.3 is 0 Å². The molecule has 0 aliphatic heterocycles. The first kappa shape index (κ1) is 12.3. The van der Waals surface area contributed by atoms with Gasteiger partial charge in [0.25, 0.3) is 0 Å². The van der Waals surface area contributed by atoms with Crippen LogP contribution in [-0.2, 0) is 0 Å². The van der Waals surface area contributed by atoms with Crippen LogP contribution < -0.4 is 4.74 Å². The lowest BCUT2D eigenvalue weighted by Gasteiger charge is -2.08. The van der Waals surface area contributed by atoms with Crippen molar-refractivity contribution in [2.45, 2.75) is 6.92 Å². The van der Waals surface area contributed by atoms with E-state index in [0.717, 1.165) is 17.4 Å². The van der Waals surface area contributed by atoms with Crippen molar-refractivity contribution in [3.05, 3.63) is 53.8 Å². The molecule has 0 unspecified atom stereocenters. The van der Waals surface area contributed by atoms with Crippen molar-refractivity contribution in [1.82, 2.24) is 0 Å². The molecule has 0 saturated carbocycles. The highest BCUT2D eigenvalue weighted by atomic mass is 19.1. The van der Waals surface area contributed by atoms with Crippen LogP contribution in [0.1, 0.15) is 17.3 Å². The van der Waals surface area contributed by atoms with Gasteiger partial charge in [-0.05, 0) is 48.4 Å². The quantitative estimate of drug-likeness (QED) is 0.766. The summed E-state index contributed by atoms with van der Waals surface area (Å²) in [6, 6.07) is 11.4. The standard InChI is InChI=1S/C15H13FO2/c1-2-18-15-8-11(10-17)7-13(9-15)12-3-5-14(16)6-4-12/h3-10H,2H2,1H3. The molecule has 0 radical (unpaired) electrons. The van der Waals surface area contributed by atoms with Gasteiger partial charge < -0.3 is 4.74 Å². The van der Waals surface area contributed by atoms with Gasteiger partial charge in [0.2, 0.25) is 0 Å². The summed E-state index contributed by atoms with van der Waals surface area (Å²) in [4.78, 5) is 10.9. The van der Waals surface area contributed by atoms with Crippen LogP contribution in [0.25, 0.3) is 11.1 Å². The van der Waals surface area contributed by atoms with Gasteiger partial charge in [0, 0.05) is 5.56 Å². The highest BCUT2D eigenvalue weighted by Crippen LogP contribution is 2.26. The lowest BCUT2D eigenvalue weighted by molar-refractivity contribution is 0.112. The molecule has 0 spiro atoms. The SMILES string of the molecule is CCOc1cc(C=O)cc(-c2ccc(F)cc2)c1. The maximum absolute atomic E-state index is 12.9. The van der Waals surface area contributed by atoms with Crippen molar-refractivity contribution in [3.63, 3.8) is 0 Å². The molecule has 0 atom stereocenters. The van der Waals surface area contributed by atoms with Gasteiger partial charge in [-0.15, -0.1) is 0 Å². The van der Waals surface area contributed by atoms with Crippen LogP contribution in [0.5, 0.6) is 5.75 Å². The minimum Gasteiger partial charge on any atom is -0.494 e. The number of carbonyl (C=O) groups excluding carboxylic acids is 1. The Kier molecular flexibility index (Phi) is 3.72. The Labute approximate surface area is 105 Å². The molecule has 2 nitrogen and oxygen atoms in total. The lowest BCUT2D eigenvalue weighted by atomic mass is 10.0. The molecule has 0 aliphatic carbocycles. The molecule has 0 N–H and O–H groups in total. The van der Waals surface area contributed by atoms with E-state index in [1.807, 2.05) is 13.0 Å². The van der Waals surface area contributed by atoms with Gasteiger partial charge in [0.05, 0.1) is 6.61 Å². The molecule has 3 heteroatoms. The maximum atomic E-state index is 12.9. The van der Waals surface area contributed by atoms with Crippen molar-refractivity contribution in [2.75, 3.05) is 6.61 Å². The van der Waals surface area contributed by atoms with Crippen LogP contribution in [0.4, 0.5) is 4.39 Å². The lowest BCUT2D eigenvalue weighted by Crippen LogP contribution is -1.93. The summed E-state index contributed by atoms with van der Waals surface area (Å²) in [6.45, 7) is 2.41. The molecule has 92 valence electrons. The van der Waals surface area contributed by atoms with Gasteiger partial charge in [0.15, 0.2) is 0 Å². The maximum Gasteiger partial charge on any atom is 0.150 e. The zero-order chi connectivity index (χ0) is 13.0. The minimum absolute atomic E-state index is 0.282. The fraction of sp³-hybridized carbons (Fsp3) is 0.133. The van der Waals surface area contributed by atoms with E-state index >= 15 is 0 Å². The van der Waals surface area contributed by atoms with Crippen LogP contribution in [0.3, 0.4) is 0 Å². The van der Waals surface area contributed by atoms with Gasteiger partial charge in [-0.3, -0.25) is 4.79 Å². The summed E-state index contributed by atoms with van der Waals surface area (Å²) in [5.41, 5.74) is 2.23. The fourth-order valence-corrected chi connectivity index (χ4v) is 1.75. The van der Waals surface area contributed by atoms with Crippen LogP contribution in [0, 0.1) is 5.82 Å². The number of rotatable bonds is 4. The first-order valence-corrected chi connectivity index (χ1v) is 5.72.